The second-order valence-electron chi connectivity index (χ2n) is 7.01. The van der Waals surface area contributed by atoms with E-state index in [0.29, 0.717) is 22.8 Å². The minimum absolute atomic E-state index is 0.209. The van der Waals surface area contributed by atoms with E-state index in [1.807, 2.05) is 42.5 Å². The van der Waals surface area contributed by atoms with Crippen molar-refractivity contribution in [3.63, 3.8) is 0 Å². The number of amides is 1. The second kappa shape index (κ2) is 9.09. The van der Waals surface area contributed by atoms with Gasteiger partial charge in [0, 0.05) is 22.9 Å². The maximum atomic E-state index is 12.6. The molecule has 0 aliphatic rings. The van der Waals surface area contributed by atoms with Gasteiger partial charge in [-0.25, -0.2) is 9.97 Å². The highest BCUT2D eigenvalue weighted by molar-refractivity contribution is 6.05. The Morgan fingerprint density at radius 2 is 1.65 bits per heavy atom. The van der Waals surface area contributed by atoms with E-state index < -0.39 is 0 Å². The molecule has 1 amide bonds. The van der Waals surface area contributed by atoms with E-state index in [0.717, 1.165) is 16.9 Å². The van der Waals surface area contributed by atoms with Crippen LogP contribution in [0.25, 0.3) is 11.3 Å². The summed E-state index contributed by atoms with van der Waals surface area (Å²) < 4.78 is 5.28. The normalized spacial score (nSPS) is 10.4. The highest BCUT2D eigenvalue weighted by atomic mass is 16.5. The zero-order valence-corrected chi connectivity index (χ0v) is 17.3. The number of methoxy groups -OCH3 is 1. The lowest BCUT2D eigenvalue weighted by molar-refractivity contribution is 0.102. The molecule has 154 valence electrons. The molecule has 3 aromatic carbocycles. The molecule has 0 radical (unpaired) electrons. The third-order valence-corrected chi connectivity index (χ3v) is 4.79. The van der Waals surface area contributed by atoms with E-state index in [4.69, 9.17) is 4.74 Å². The van der Waals surface area contributed by atoms with Gasteiger partial charge in [0.2, 0.25) is 0 Å². The number of rotatable bonds is 6. The van der Waals surface area contributed by atoms with Crippen LogP contribution in [0.3, 0.4) is 0 Å². The van der Waals surface area contributed by atoms with E-state index in [-0.39, 0.29) is 5.91 Å². The van der Waals surface area contributed by atoms with Crippen LogP contribution in [-0.2, 0) is 0 Å². The summed E-state index contributed by atoms with van der Waals surface area (Å²) in [6.07, 6.45) is 1.53. The molecule has 1 aromatic heterocycles. The summed E-state index contributed by atoms with van der Waals surface area (Å²) in [4.78, 5) is 21.2. The van der Waals surface area contributed by atoms with Crippen LogP contribution in [0.1, 0.15) is 15.9 Å². The van der Waals surface area contributed by atoms with Gasteiger partial charge in [0.05, 0.1) is 18.5 Å². The largest absolute Gasteiger partial charge is 0.495 e. The summed E-state index contributed by atoms with van der Waals surface area (Å²) in [5.41, 5.74) is 5.06. The monoisotopic (exact) mass is 410 g/mol. The van der Waals surface area contributed by atoms with Gasteiger partial charge < -0.3 is 15.4 Å². The maximum Gasteiger partial charge on any atom is 0.255 e. The maximum absolute atomic E-state index is 12.6. The molecule has 4 rings (SSSR count). The number of aryl methyl sites for hydroxylation is 1. The molecule has 6 heteroatoms. The van der Waals surface area contributed by atoms with Crippen molar-refractivity contribution >= 4 is 23.1 Å². The number of benzene rings is 3. The number of aromatic nitrogens is 2. The van der Waals surface area contributed by atoms with Crippen molar-refractivity contribution in [2.45, 2.75) is 6.92 Å². The summed E-state index contributed by atoms with van der Waals surface area (Å²) in [6, 6.07) is 24.6. The van der Waals surface area contributed by atoms with Gasteiger partial charge in [0.1, 0.15) is 17.9 Å². The molecule has 0 bridgehead atoms. The van der Waals surface area contributed by atoms with Crippen molar-refractivity contribution in [1.82, 2.24) is 9.97 Å². The number of hydrogen-bond donors (Lipinski definition) is 2. The number of para-hydroxylation sites is 2. The van der Waals surface area contributed by atoms with Gasteiger partial charge in [-0.15, -0.1) is 0 Å². The van der Waals surface area contributed by atoms with E-state index >= 15 is 0 Å². The van der Waals surface area contributed by atoms with Crippen molar-refractivity contribution < 1.29 is 9.53 Å². The molecule has 0 aliphatic carbocycles. The van der Waals surface area contributed by atoms with Gasteiger partial charge in [-0.2, -0.15) is 0 Å². The molecule has 0 spiro atoms. The van der Waals surface area contributed by atoms with Gasteiger partial charge in [-0.3, -0.25) is 4.79 Å². The Bertz CT molecular complexity index is 1190. The molecular weight excluding hydrogens is 388 g/mol. The number of carbonyl (C=O) groups is 1. The molecule has 0 aliphatic heterocycles. The van der Waals surface area contributed by atoms with Crippen LogP contribution >= 0.6 is 0 Å². The third kappa shape index (κ3) is 4.87. The Kier molecular flexibility index (Phi) is 5.89. The molecule has 1 heterocycles. The molecule has 31 heavy (non-hydrogen) atoms. The standard InChI is InChI=1S/C25H22N4O2/c1-17-7-9-18(10-8-17)22-15-24(27-16-26-22)28-20-13-11-19(12-14-20)25(30)29-21-5-3-4-6-23(21)31-2/h3-16H,1-2H3,(H,29,30)(H,26,27,28). The van der Waals surface area contributed by atoms with E-state index in [1.165, 1.54) is 11.9 Å². The molecular formula is C25H22N4O2. The molecule has 0 saturated carbocycles. The van der Waals surface area contributed by atoms with Crippen molar-refractivity contribution in [2.75, 3.05) is 17.7 Å². The first-order valence-electron chi connectivity index (χ1n) is 9.83. The summed E-state index contributed by atoms with van der Waals surface area (Å²) in [7, 11) is 1.57. The van der Waals surface area contributed by atoms with Crippen molar-refractivity contribution in [3.8, 4) is 17.0 Å². The highest BCUT2D eigenvalue weighted by Gasteiger charge is 2.10. The second-order valence-corrected chi connectivity index (χ2v) is 7.01. The average Bonchev–Trinajstić information content (AvgIpc) is 2.80. The van der Waals surface area contributed by atoms with Crippen LogP contribution < -0.4 is 15.4 Å². The van der Waals surface area contributed by atoms with Crippen LogP contribution in [0.2, 0.25) is 0 Å². The first-order valence-corrected chi connectivity index (χ1v) is 9.83. The number of hydrogen-bond acceptors (Lipinski definition) is 5. The van der Waals surface area contributed by atoms with Gasteiger partial charge in [0.25, 0.3) is 5.91 Å². The molecule has 0 saturated heterocycles. The van der Waals surface area contributed by atoms with Crippen LogP contribution in [0.5, 0.6) is 5.75 Å². The number of anilines is 3. The summed E-state index contributed by atoms with van der Waals surface area (Å²) >= 11 is 0. The molecule has 0 unspecified atom stereocenters. The van der Waals surface area contributed by atoms with Crippen molar-refractivity contribution in [2.24, 2.45) is 0 Å². The van der Waals surface area contributed by atoms with E-state index in [2.05, 4.69) is 39.7 Å². The minimum Gasteiger partial charge on any atom is -0.495 e. The van der Waals surface area contributed by atoms with Crippen LogP contribution in [0, 0.1) is 6.92 Å². The molecule has 6 nitrogen and oxygen atoms in total. The van der Waals surface area contributed by atoms with Gasteiger partial charge in [0.15, 0.2) is 0 Å². The predicted octanol–water partition coefficient (Wildman–Crippen LogP) is 5.46. The van der Waals surface area contributed by atoms with E-state index in [9.17, 15) is 4.79 Å². The smallest absolute Gasteiger partial charge is 0.255 e. The first kappa shape index (κ1) is 20.1. The lowest BCUT2D eigenvalue weighted by Gasteiger charge is -2.11. The van der Waals surface area contributed by atoms with Crippen molar-refractivity contribution in [1.29, 1.82) is 0 Å². The summed E-state index contributed by atoms with van der Waals surface area (Å²) in [5, 5.41) is 6.13. The predicted molar refractivity (Wildman–Crippen MR) is 123 cm³/mol. The molecule has 4 aromatic rings. The van der Waals surface area contributed by atoms with Crippen LogP contribution in [0.4, 0.5) is 17.2 Å². The Labute approximate surface area is 181 Å². The number of ether oxygens (including phenoxy) is 1. The van der Waals surface area contributed by atoms with Crippen LogP contribution in [-0.4, -0.2) is 23.0 Å². The Morgan fingerprint density at radius 3 is 2.39 bits per heavy atom. The SMILES string of the molecule is COc1ccccc1NC(=O)c1ccc(Nc2cc(-c3ccc(C)cc3)ncn2)cc1. The fraction of sp³-hybridized carbons (Fsp3) is 0.0800. The van der Waals surface area contributed by atoms with E-state index in [1.54, 1.807) is 31.4 Å². The lowest BCUT2D eigenvalue weighted by atomic mass is 10.1. The number of nitrogens with one attached hydrogen (secondary N) is 2. The number of carbonyl (C=O) groups excluding carboxylic acids is 1. The fourth-order valence-electron chi connectivity index (χ4n) is 3.10. The lowest BCUT2D eigenvalue weighted by Crippen LogP contribution is -2.12. The molecule has 0 atom stereocenters. The zero-order valence-electron chi connectivity index (χ0n) is 17.3. The fourth-order valence-corrected chi connectivity index (χ4v) is 3.10. The van der Waals surface area contributed by atoms with Gasteiger partial charge >= 0.3 is 0 Å². The summed E-state index contributed by atoms with van der Waals surface area (Å²) in [6.45, 7) is 2.05. The average molecular weight is 410 g/mol. The van der Waals surface area contributed by atoms with Gasteiger partial charge in [-0.05, 0) is 43.3 Å². The molecule has 0 fully saturated rings. The first-order chi connectivity index (χ1) is 15.1. The minimum atomic E-state index is -0.209. The molecule has 2 N–H and O–H groups in total. The highest BCUT2D eigenvalue weighted by Crippen LogP contribution is 2.25. The zero-order chi connectivity index (χ0) is 21.6. The van der Waals surface area contributed by atoms with Crippen LogP contribution in [0.15, 0.2) is 85.2 Å². The number of nitrogens with zero attached hydrogens (tertiary/aromatic N) is 2. The quantitative estimate of drug-likeness (QED) is 0.442. The topological polar surface area (TPSA) is 76.1 Å². The Balaban J connectivity index is 1.46. The Morgan fingerprint density at radius 1 is 0.903 bits per heavy atom. The van der Waals surface area contributed by atoms with Gasteiger partial charge in [-0.1, -0.05) is 42.0 Å². The Hall–Kier alpha value is -4.19. The third-order valence-electron chi connectivity index (χ3n) is 4.79. The van der Waals surface area contributed by atoms with Crippen molar-refractivity contribution in [3.05, 3.63) is 96.3 Å². The summed E-state index contributed by atoms with van der Waals surface area (Å²) in [5.74, 6) is 1.08.